The second kappa shape index (κ2) is 6.53. The fraction of sp³-hybridized carbons (Fsp3) is 0.625. The van der Waals surface area contributed by atoms with Gasteiger partial charge in [-0.15, -0.1) is 0 Å². The van der Waals surface area contributed by atoms with Crippen molar-refractivity contribution in [2.24, 2.45) is 23.5 Å². The first-order valence-corrected chi connectivity index (χ1v) is 7.28. The van der Waals surface area contributed by atoms with Gasteiger partial charge >= 0.3 is 6.61 Å². The number of benzene rings is 1. The van der Waals surface area contributed by atoms with E-state index >= 15 is 0 Å². The maximum absolute atomic E-state index is 12.5. The van der Waals surface area contributed by atoms with Crippen molar-refractivity contribution in [3.63, 3.8) is 0 Å². The maximum atomic E-state index is 12.5. The van der Waals surface area contributed by atoms with Crippen molar-refractivity contribution in [3.05, 3.63) is 29.8 Å². The third-order valence-corrected chi connectivity index (χ3v) is 4.64. The van der Waals surface area contributed by atoms with Crippen LogP contribution in [0.5, 0.6) is 5.75 Å². The molecule has 0 aromatic heterocycles. The zero-order valence-electron chi connectivity index (χ0n) is 12.1. The predicted octanol–water partition coefficient (Wildman–Crippen LogP) is 4.36. The van der Waals surface area contributed by atoms with Gasteiger partial charge in [0.25, 0.3) is 0 Å². The van der Waals surface area contributed by atoms with Crippen LogP contribution in [0.15, 0.2) is 24.3 Å². The highest BCUT2D eigenvalue weighted by Crippen LogP contribution is 2.40. The molecule has 2 rings (SSSR count). The van der Waals surface area contributed by atoms with Gasteiger partial charge < -0.3 is 10.5 Å². The molecule has 4 unspecified atom stereocenters. The highest BCUT2D eigenvalue weighted by atomic mass is 19.3. The summed E-state index contributed by atoms with van der Waals surface area (Å²) in [5.74, 6) is 1.89. The lowest BCUT2D eigenvalue weighted by Gasteiger charge is -2.35. The Kier molecular flexibility index (Phi) is 4.97. The topological polar surface area (TPSA) is 35.2 Å². The van der Waals surface area contributed by atoms with Gasteiger partial charge in [-0.2, -0.15) is 8.78 Å². The number of alkyl halides is 2. The molecule has 0 saturated heterocycles. The van der Waals surface area contributed by atoms with Gasteiger partial charge in [-0.05, 0) is 36.7 Å². The summed E-state index contributed by atoms with van der Waals surface area (Å²) in [7, 11) is 0. The summed E-state index contributed by atoms with van der Waals surface area (Å²) >= 11 is 0. The molecule has 4 atom stereocenters. The van der Waals surface area contributed by atoms with Crippen LogP contribution >= 0.6 is 0 Å². The van der Waals surface area contributed by atoms with Gasteiger partial charge in [-0.1, -0.05) is 38.5 Å². The first-order valence-electron chi connectivity index (χ1n) is 7.28. The van der Waals surface area contributed by atoms with Crippen LogP contribution in [0.1, 0.15) is 44.7 Å². The second-order valence-electron chi connectivity index (χ2n) is 5.97. The van der Waals surface area contributed by atoms with E-state index in [1.165, 1.54) is 0 Å². The van der Waals surface area contributed by atoms with E-state index in [9.17, 15) is 8.78 Å². The maximum Gasteiger partial charge on any atom is 0.387 e. The van der Waals surface area contributed by atoms with E-state index in [4.69, 9.17) is 5.73 Å². The van der Waals surface area contributed by atoms with Crippen LogP contribution in [0.3, 0.4) is 0 Å². The lowest BCUT2D eigenvalue weighted by atomic mass is 9.72. The van der Waals surface area contributed by atoms with Gasteiger partial charge in [-0.25, -0.2) is 0 Å². The van der Waals surface area contributed by atoms with Crippen LogP contribution in [0.2, 0.25) is 0 Å². The van der Waals surface area contributed by atoms with Gasteiger partial charge in [0.15, 0.2) is 0 Å². The molecule has 1 aromatic carbocycles. The molecular formula is C16H23F2NO. The molecule has 4 heteroatoms. The summed E-state index contributed by atoms with van der Waals surface area (Å²) < 4.78 is 29.5. The zero-order valence-corrected chi connectivity index (χ0v) is 12.1. The normalized spacial score (nSPS) is 28.4. The monoisotopic (exact) mass is 283 g/mol. The van der Waals surface area contributed by atoms with E-state index in [2.05, 4.69) is 18.6 Å². The van der Waals surface area contributed by atoms with Crippen molar-refractivity contribution in [3.8, 4) is 5.75 Å². The van der Waals surface area contributed by atoms with Crippen LogP contribution < -0.4 is 10.5 Å². The Morgan fingerprint density at radius 3 is 2.50 bits per heavy atom. The van der Waals surface area contributed by atoms with Crippen LogP contribution in [0.4, 0.5) is 8.78 Å². The van der Waals surface area contributed by atoms with Crippen molar-refractivity contribution in [1.82, 2.24) is 0 Å². The number of halogens is 2. The summed E-state index contributed by atoms with van der Waals surface area (Å²) in [6.45, 7) is 1.69. The van der Waals surface area contributed by atoms with Gasteiger partial charge in [0.2, 0.25) is 0 Å². The molecule has 0 spiro atoms. The average Bonchev–Trinajstić information content (AvgIpc) is 2.41. The third kappa shape index (κ3) is 3.48. The highest BCUT2D eigenvalue weighted by Gasteiger charge is 2.30. The SMILES string of the molecule is CC1CCC(C(N)c2ccccc2OC(F)F)CC1C. The molecule has 1 aliphatic rings. The van der Waals surface area contributed by atoms with E-state index in [1.54, 1.807) is 18.2 Å². The van der Waals surface area contributed by atoms with E-state index in [-0.39, 0.29) is 11.8 Å². The highest BCUT2D eigenvalue weighted by molar-refractivity contribution is 5.36. The fourth-order valence-electron chi connectivity index (χ4n) is 3.13. The Balaban J connectivity index is 2.14. The van der Waals surface area contributed by atoms with Crippen molar-refractivity contribution in [2.75, 3.05) is 0 Å². The minimum atomic E-state index is -2.81. The van der Waals surface area contributed by atoms with Crippen molar-refractivity contribution in [2.45, 2.75) is 45.8 Å². The van der Waals surface area contributed by atoms with Crippen molar-refractivity contribution >= 4 is 0 Å². The number of ether oxygens (including phenoxy) is 1. The standard InChI is InChI=1S/C16H23F2NO/c1-10-7-8-12(9-11(10)2)15(19)13-5-3-4-6-14(13)20-16(17)18/h3-6,10-12,15-16H,7-9,19H2,1-2H3. The average molecular weight is 283 g/mol. The summed E-state index contributed by atoms with van der Waals surface area (Å²) in [6, 6.07) is 6.64. The lowest BCUT2D eigenvalue weighted by molar-refractivity contribution is -0.0508. The second-order valence-corrected chi connectivity index (χ2v) is 5.97. The minimum Gasteiger partial charge on any atom is -0.434 e. The summed E-state index contributed by atoms with van der Waals surface area (Å²) in [5, 5.41) is 0. The van der Waals surface area contributed by atoms with Crippen LogP contribution in [-0.4, -0.2) is 6.61 Å². The Hall–Kier alpha value is -1.16. The van der Waals surface area contributed by atoms with E-state index < -0.39 is 6.61 Å². The molecule has 1 aromatic rings. The Morgan fingerprint density at radius 1 is 1.15 bits per heavy atom. The molecule has 1 fully saturated rings. The Labute approximate surface area is 119 Å². The van der Waals surface area contributed by atoms with Crippen LogP contribution in [0.25, 0.3) is 0 Å². The molecule has 0 radical (unpaired) electrons. The number of para-hydroxylation sites is 1. The summed E-state index contributed by atoms with van der Waals surface area (Å²) in [4.78, 5) is 0. The molecule has 2 nitrogen and oxygen atoms in total. The van der Waals surface area contributed by atoms with E-state index in [1.807, 2.05) is 6.07 Å². The number of rotatable bonds is 4. The molecule has 0 aliphatic heterocycles. The third-order valence-electron chi connectivity index (χ3n) is 4.64. The molecule has 1 aliphatic carbocycles. The number of hydrogen-bond donors (Lipinski definition) is 1. The van der Waals surface area contributed by atoms with Gasteiger partial charge in [-0.3, -0.25) is 0 Å². The van der Waals surface area contributed by atoms with Crippen LogP contribution in [-0.2, 0) is 0 Å². The summed E-state index contributed by atoms with van der Waals surface area (Å²) in [6.07, 6.45) is 3.25. The molecular weight excluding hydrogens is 260 g/mol. The number of hydrogen-bond acceptors (Lipinski definition) is 2. The molecule has 20 heavy (non-hydrogen) atoms. The van der Waals surface area contributed by atoms with Gasteiger partial charge in [0, 0.05) is 11.6 Å². The van der Waals surface area contributed by atoms with Crippen molar-refractivity contribution < 1.29 is 13.5 Å². The molecule has 0 heterocycles. The Bertz CT molecular complexity index is 438. The van der Waals surface area contributed by atoms with Gasteiger partial charge in [0.05, 0.1) is 0 Å². The molecule has 2 N–H and O–H groups in total. The van der Waals surface area contributed by atoms with E-state index in [0.29, 0.717) is 23.3 Å². The quantitative estimate of drug-likeness (QED) is 0.891. The molecule has 0 bridgehead atoms. The fourth-order valence-corrected chi connectivity index (χ4v) is 3.13. The first kappa shape index (κ1) is 15.2. The molecule has 0 amide bonds. The smallest absolute Gasteiger partial charge is 0.387 e. The predicted molar refractivity (Wildman–Crippen MR) is 75.7 cm³/mol. The lowest BCUT2D eigenvalue weighted by Crippen LogP contribution is -2.29. The van der Waals surface area contributed by atoms with E-state index in [0.717, 1.165) is 19.3 Å². The van der Waals surface area contributed by atoms with Crippen LogP contribution in [0, 0.1) is 17.8 Å². The first-order chi connectivity index (χ1) is 9.49. The largest absolute Gasteiger partial charge is 0.434 e. The van der Waals surface area contributed by atoms with Crippen molar-refractivity contribution in [1.29, 1.82) is 0 Å². The summed E-state index contributed by atoms with van der Waals surface area (Å²) in [5.41, 5.74) is 7.02. The van der Waals surface area contributed by atoms with Gasteiger partial charge in [0.1, 0.15) is 5.75 Å². The Morgan fingerprint density at radius 2 is 1.85 bits per heavy atom. The molecule has 112 valence electrons. The minimum absolute atomic E-state index is 0.210. The zero-order chi connectivity index (χ0) is 14.7. The molecule has 1 saturated carbocycles. The number of nitrogens with two attached hydrogens (primary N) is 1.